The molecule has 0 spiro atoms. The van der Waals surface area contributed by atoms with E-state index in [-0.39, 0.29) is 11.4 Å². The number of aromatic hydroxyl groups is 1. The van der Waals surface area contributed by atoms with Gasteiger partial charge in [-0.1, -0.05) is 0 Å². The third kappa shape index (κ3) is 2.42. The average Bonchev–Trinajstić information content (AvgIpc) is 2.11. The lowest BCUT2D eigenvalue weighted by Gasteiger charge is -2.05. The van der Waals surface area contributed by atoms with Gasteiger partial charge in [-0.15, -0.1) is 0 Å². The summed E-state index contributed by atoms with van der Waals surface area (Å²) >= 11 is 0. The van der Waals surface area contributed by atoms with Gasteiger partial charge >= 0.3 is 6.43 Å². The van der Waals surface area contributed by atoms with Gasteiger partial charge in [-0.25, -0.2) is 0 Å². The van der Waals surface area contributed by atoms with Crippen LogP contribution in [0.15, 0.2) is 18.2 Å². The molecule has 0 saturated heterocycles. The van der Waals surface area contributed by atoms with Gasteiger partial charge in [0.05, 0.1) is 0 Å². The van der Waals surface area contributed by atoms with Gasteiger partial charge in [0.15, 0.2) is 0 Å². The summed E-state index contributed by atoms with van der Waals surface area (Å²) < 4.78 is 23.7. The van der Waals surface area contributed by atoms with E-state index in [4.69, 9.17) is 5.11 Å². The van der Waals surface area contributed by atoms with Gasteiger partial charge in [0.1, 0.15) is 5.75 Å². The molecule has 1 aromatic carbocycles. The van der Waals surface area contributed by atoms with Gasteiger partial charge < -0.3 is 10.4 Å². The molecule has 3 nitrogen and oxygen atoms in total. The minimum absolute atomic E-state index is 0.0556. The molecule has 14 heavy (non-hydrogen) atoms. The minimum Gasteiger partial charge on any atom is -0.508 e. The maximum Gasteiger partial charge on any atom is 0.315 e. The summed E-state index contributed by atoms with van der Waals surface area (Å²) in [6, 6.07) is 4.09. The predicted molar refractivity (Wildman–Crippen MR) is 47.5 cm³/mol. The SMILES string of the molecule is Cc1cc(NC(=O)C(F)F)ccc1O. The number of rotatable bonds is 2. The number of hydrogen-bond donors (Lipinski definition) is 2. The van der Waals surface area contributed by atoms with Crippen LogP contribution in [-0.2, 0) is 4.79 Å². The topological polar surface area (TPSA) is 49.3 Å². The second-order valence-electron chi connectivity index (χ2n) is 2.79. The van der Waals surface area contributed by atoms with Crippen molar-refractivity contribution in [3.8, 4) is 5.75 Å². The average molecular weight is 201 g/mol. The van der Waals surface area contributed by atoms with E-state index >= 15 is 0 Å². The fraction of sp³-hybridized carbons (Fsp3) is 0.222. The first-order valence-corrected chi connectivity index (χ1v) is 3.89. The van der Waals surface area contributed by atoms with E-state index in [1.807, 2.05) is 5.32 Å². The standard InChI is InChI=1S/C9H9F2NO2/c1-5-4-6(2-3-7(5)13)12-9(14)8(10)11/h2-4,8,13H,1H3,(H,12,14). The lowest BCUT2D eigenvalue weighted by atomic mass is 10.2. The summed E-state index contributed by atoms with van der Waals surface area (Å²) in [6.07, 6.45) is -3.04. The molecule has 76 valence electrons. The molecule has 0 aliphatic rings. The Morgan fingerprint density at radius 1 is 1.50 bits per heavy atom. The first kappa shape index (κ1) is 10.4. The number of hydrogen-bond acceptors (Lipinski definition) is 2. The number of carbonyl (C=O) groups is 1. The number of amides is 1. The molecule has 1 rings (SSSR count). The molecule has 0 bridgehead atoms. The third-order valence-electron chi connectivity index (χ3n) is 1.66. The van der Waals surface area contributed by atoms with Gasteiger partial charge in [-0.3, -0.25) is 4.79 Å². The second kappa shape index (κ2) is 4.04. The van der Waals surface area contributed by atoms with Crippen molar-refractivity contribution in [3.05, 3.63) is 23.8 Å². The Labute approximate surface area is 79.4 Å². The number of halogens is 2. The van der Waals surface area contributed by atoms with E-state index in [1.54, 1.807) is 6.92 Å². The molecule has 0 saturated carbocycles. The minimum atomic E-state index is -3.04. The summed E-state index contributed by atoms with van der Waals surface area (Å²) in [5.41, 5.74) is 0.752. The van der Waals surface area contributed by atoms with Crippen molar-refractivity contribution in [2.75, 3.05) is 5.32 Å². The van der Waals surface area contributed by atoms with Crippen LogP contribution in [0.3, 0.4) is 0 Å². The maximum atomic E-state index is 11.8. The Balaban J connectivity index is 2.78. The van der Waals surface area contributed by atoms with Crippen LogP contribution in [0.1, 0.15) is 5.56 Å². The molecular formula is C9H9F2NO2. The lowest BCUT2D eigenvalue weighted by molar-refractivity contribution is -0.126. The van der Waals surface area contributed by atoms with Crippen molar-refractivity contribution < 1.29 is 18.7 Å². The number of benzene rings is 1. The summed E-state index contributed by atoms with van der Waals surface area (Å²) in [5.74, 6) is -1.30. The molecule has 1 amide bonds. The summed E-state index contributed by atoms with van der Waals surface area (Å²) in [5, 5.41) is 11.1. The molecule has 0 aliphatic carbocycles. The van der Waals surface area contributed by atoms with Crippen molar-refractivity contribution >= 4 is 11.6 Å². The summed E-state index contributed by atoms with van der Waals surface area (Å²) in [4.78, 5) is 10.6. The first-order chi connectivity index (χ1) is 6.50. The zero-order chi connectivity index (χ0) is 10.7. The van der Waals surface area contributed by atoms with Gasteiger partial charge in [0, 0.05) is 5.69 Å². The molecule has 0 radical (unpaired) electrons. The smallest absolute Gasteiger partial charge is 0.315 e. The number of aryl methyl sites for hydroxylation is 1. The molecule has 0 atom stereocenters. The van der Waals surface area contributed by atoms with E-state index in [1.165, 1.54) is 18.2 Å². The van der Waals surface area contributed by atoms with Gasteiger partial charge in [0.25, 0.3) is 5.91 Å². The van der Waals surface area contributed by atoms with Gasteiger partial charge in [-0.2, -0.15) is 8.78 Å². The molecular weight excluding hydrogens is 192 g/mol. The zero-order valence-electron chi connectivity index (χ0n) is 7.42. The summed E-state index contributed by atoms with van der Waals surface area (Å²) in [7, 11) is 0. The van der Waals surface area contributed by atoms with Crippen molar-refractivity contribution in [1.29, 1.82) is 0 Å². The monoisotopic (exact) mass is 201 g/mol. The van der Waals surface area contributed by atoms with E-state index in [2.05, 4.69) is 0 Å². The number of carbonyl (C=O) groups excluding carboxylic acids is 1. The molecule has 0 fully saturated rings. The molecule has 1 aromatic rings. The normalized spacial score (nSPS) is 10.3. The Morgan fingerprint density at radius 2 is 2.14 bits per heavy atom. The molecule has 0 heterocycles. The van der Waals surface area contributed by atoms with Crippen LogP contribution in [0.25, 0.3) is 0 Å². The highest BCUT2D eigenvalue weighted by Crippen LogP contribution is 2.20. The largest absolute Gasteiger partial charge is 0.508 e. The van der Waals surface area contributed by atoms with Gasteiger partial charge in [0.2, 0.25) is 0 Å². The number of nitrogens with one attached hydrogen (secondary N) is 1. The van der Waals surface area contributed by atoms with Crippen LogP contribution in [-0.4, -0.2) is 17.4 Å². The number of phenolic OH excluding ortho intramolecular Hbond substituents is 1. The Bertz CT molecular complexity index is 353. The number of anilines is 1. The molecule has 5 heteroatoms. The van der Waals surface area contributed by atoms with Crippen LogP contribution in [0.4, 0.5) is 14.5 Å². The first-order valence-electron chi connectivity index (χ1n) is 3.89. The highest BCUT2D eigenvalue weighted by atomic mass is 19.3. The fourth-order valence-electron chi connectivity index (χ4n) is 0.930. The van der Waals surface area contributed by atoms with Crippen molar-refractivity contribution in [2.24, 2.45) is 0 Å². The van der Waals surface area contributed by atoms with Crippen LogP contribution in [0.5, 0.6) is 5.75 Å². The number of phenols is 1. The van der Waals surface area contributed by atoms with E-state index in [0.29, 0.717) is 5.56 Å². The highest BCUT2D eigenvalue weighted by molar-refractivity contribution is 5.93. The van der Waals surface area contributed by atoms with E-state index < -0.39 is 12.3 Å². The Morgan fingerprint density at radius 3 is 2.64 bits per heavy atom. The highest BCUT2D eigenvalue weighted by Gasteiger charge is 2.14. The molecule has 0 unspecified atom stereocenters. The predicted octanol–water partition coefficient (Wildman–Crippen LogP) is 1.90. The van der Waals surface area contributed by atoms with E-state index in [0.717, 1.165) is 0 Å². The third-order valence-corrected chi connectivity index (χ3v) is 1.66. The van der Waals surface area contributed by atoms with Crippen LogP contribution < -0.4 is 5.32 Å². The molecule has 0 aliphatic heterocycles. The Hall–Kier alpha value is -1.65. The zero-order valence-corrected chi connectivity index (χ0v) is 7.42. The molecule has 2 N–H and O–H groups in total. The maximum absolute atomic E-state index is 11.8. The van der Waals surface area contributed by atoms with E-state index in [9.17, 15) is 13.6 Å². The van der Waals surface area contributed by atoms with Crippen molar-refractivity contribution in [3.63, 3.8) is 0 Å². The molecule has 0 aromatic heterocycles. The fourth-order valence-corrected chi connectivity index (χ4v) is 0.930. The quantitative estimate of drug-likeness (QED) is 0.718. The van der Waals surface area contributed by atoms with Gasteiger partial charge in [-0.05, 0) is 30.7 Å². The Kier molecular flexibility index (Phi) is 3.01. The second-order valence-corrected chi connectivity index (χ2v) is 2.79. The van der Waals surface area contributed by atoms with Crippen molar-refractivity contribution in [1.82, 2.24) is 0 Å². The lowest BCUT2D eigenvalue weighted by Crippen LogP contribution is -2.19. The van der Waals surface area contributed by atoms with Crippen LogP contribution in [0.2, 0.25) is 0 Å². The van der Waals surface area contributed by atoms with Crippen LogP contribution >= 0.6 is 0 Å². The number of alkyl halides is 2. The van der Waals surface area contributed by atoms with Crippen LogP contribution in [0, 0.1) is 6.92 Å². The van der Waals surface area contributed by atoms with Crippen molar-refractivity contribution in [2.45, 2.75) is 13.3 Å². The summed E-state index contributed by atoms with van der Waals surface area (Å²) in [6.45, 7) is 1.60.